The maximum Gasteiger partial charge on any atom is 0.0620 e. The Morgan fingerprint density at radius 1 is 0.276 bits per heavy atom. The molecule has 0 bridgehead atoms. The van der Waals surface area contributed by atoms with Crippen LogP contribution in [0.1, 0.15) is 0 Å². The van der Waals surface area contributed by atoms with Gasteiger partial charge in [-0.15, -0.1) is 11.3 Å². The highest BCUT2D eigenvalue weighted by Crippen LogP contribution is 2.45. The summed E-state index contributed by atoms with van der Waals surface area (Å²) in [7, 11) is 0. The van der Waals surface area contributed by atoms with Crippen LogP contribution in [0.4, 0.5) is 0 Å². The van der Waals surface area contributed by atoms with Crippen molar-refractivity contribution in [2.45, 2.75) is 0 Å². The molecule has 0 saturated carbocycles. The molecule has 0 aliphatic heterocycles. The summed E-state index contributed by atoms with van der Waals surface area (Å²) >= 11 is 1.89. The zero-order valence-electron chi connectivity index (χ0n) is 31.3. The molecule has 0 spiro atoms. The molecule has 0 fully saturated rings. The SMILES string of the molecule is c1ccc2c(c1)sc1c(-c3cccc4c5ccccc5n(-c5cc(-n6c7ccccc7c7ccccc76)cc(-n6c7ccccc7c7ccccc76)c5)c34)cccc12. The zero-order chi connectivity index (χ0) is 37.9. The number of thiophene rings is 1. The number of hydrogen-bond acceptors (Lipinski definition) is 1. The monoisotopic (exact) mass is 755 g/mol. The highest BCUT2D eigenvalue weighted by molar-refractivity contribution is 7.26. The van der Waals surface area contributed by atoms with Gasteiger partial charge in [-0.3, -0.25) is 0 Å². The normalized spacial score (nSPS) is 12.1. The summed E-state index contributed by atoms with van der Waals surface area (Å²) in [6.45, 7) is 0. The molecule has 9 aromatic carbocycles. The van der Waals surface area contributed by atoms with Crippen LogP contribution in [0.2, 0.25) is 0 Å². The smallest absolute Gasteiger partial charge is 0.0620 e. The summed E-state index contributed by atoms with van der Waals surface area (Å²) in [5.74, 6) is 0. The highest BCUT2D eigenvalue weighted by atomic mass is 32.1. The minimum Gasteiger partial charge on any atom is -0.309 e. The number of aromatic nitrogens is 3. The molecular weight excluding hydrogens is 723 g/mol. The third-order valence-corrected chi connectivity index (χ3v) is 13.4. The largest absolute Gasteiger partial charge is 0.309 e. The Labute approximate surface area is 337 Å². The summed E-state index contributed by atoms with van der Waals surface area (Å²) in [6, 6.07) is 73.8. The lowest BCUT2D eigenvalue weighted by Crippen LogP contribution is -2.03. The van der Waals surface area contributed by atoms with Crippen molar-refractivity contribution in [3.05, 3.63) is 200 Å². The lowest BCUT2D eigenvalue weighted by atomic mass is 10.00. The maximum absolute atomic E-state index is 2.53. The third kappa shape index (κ3) is 4.38. The number of nitrogens with zero attached hydrogens (tertiary/aromatic N) is 3. The Hall–Kier alpha value is -7.40. The Balaban J connectivity index is 1.19. The molecule has 0 saturated heterocycles. The number of benzene rings is 9. The first-order chi connectivity index (χ1) is 28.8. The summed E-state index contributed by atoms with van der Waals surface area (Å²) in [6.07, 6.45) is 0. The van der Waals surface area contributed by atoms with Crippen LogP contribution in [0.25, 0.3) is 114 Å². The molecule has 0 N–H and O–H groups in total. The second-order valence-corrected chi connectivity index (χ2v) is 16.3. The van der Waals surface area contributed by atoms with Crippen LogP contribution >= 0.6 is 11.3 Å². The van der Waals surface area contributed by atoms with Gasteiger partial charge in [0.1, 0.15) is 0 Å². The van der Waals surface area contributed by atoms with Crippen LogP contribution in [-0.4, -0.2) is 13.7 Å². The van der Waals surface area contributed by atoms with Crippen molar-refractivity contribution in [2.24, 2.45) is 0 Å². The van der Waals surface area contributed by atoms with Crippen molar-refractivity contribution in [3.63, 3.8) is 0 Å². The fourth-order valence-corrected chi connectivity index (χ4v) is 11.1. The number of fused-ring (bicyclic) bond motifs is 12. The van der Waals surface area contributed by atoms with E-state index in [1.165, 1.54) is 96.7 Å². The molecule has 3 nitrogen and oxygen atoms in total. The van der Waals surface area contributed by atoms with Crippen molar-refractivity contribution in [2.75, 3.05) is 0 Å². The van der Waals surface area contributed by atoms with E-state index in [9.17, 15) is 0 Å². The Bertz CT molecular complexity index is 3580. The molecule has 13 rings (SSSR count). The van der Waals surface area contributed by atoms with E-state index < -0.39 is 0 Å². The predicted octanol–water partition coefficient (Wildman–Crippen LogP) is 15.0. The van der Waals surface area contributed by atoms with Crippen LogP contribution in [0, 0.1) is 0 Å². The number of hydrogen-bond donors (Lipinski definition) is 0. The van der Waals surface area contributed by atoms with Gasteiger partial charge in [-0.25, -0.2) is 0 Å². The van der Waals surface area contributed by atoms with E-state index in [0.717, 1.165) is 17.1 Å². The first-order valence-electron chi connectivity index (χ1n) is 19.9. The van der Waals surface area contributed by atoms with Gasteiger partial charge >= 0.3 is 0 Å². The van der Waals surface area contributed by atoms with Crippen LogP contribution in [0.3, 0.4) is 0 Å². The minimum absolute atomic E-state index is 1.11. The Morgan fingerprint density at radius 2 is 0.638 bits per heavy atom. The fourth-order valence-electron chi connectivity index (χ4n) is 9.83. The lowest BCUT2D eigenvalue weighted by Gasteiger charge is -2.18. The summed E-state index contributed by atoms with van der Waals surface area (Å²) in [5, 5.41) is 10.1. The van der Waals surface area contributed by atoms with Gasteiger partial charge in [-0.2, -0.15) is 0 Å². The molecule has 0 radical (unpaired) electrons. The van der Waals surface area contributed by atoms with Gasteiger partial charge in [0.25, 0.3) is 0 Å². The van der Waals surface area contributed by atoms with Gasteiger partial charge in [-0.1, -0.05) is 146 Å². The van der Waals surface area contributed by atoms with Crippen LogP contribution in [0.5, 0.6) is 0 Å². The maximum atomic E-state index is 2.53. The standard InChI is InChI=1S/C54H33N3S/c1-7-25-47-37(15-1)38-16-2-8-26-48(38)55(47)34-31-35(56-49-27-9-3-17-39(49)40-18-4-10-28-50(40)56)33-36(32-34)57-51-29-11-5-19-41(51)43-21-13-22-44(53(43)57)46-24-14-23-45-42-20-6-12-30-52(42)58-54(45)46/h1-33H. The second-order valence-electron chi connectivity index (χ2n) is 15.3. The summed E-state index contributed by atoms with van der Waals surface area (Å²) in [4.78, 5) is 0. The Morgan fingerprint density at radius 3 is 1.16 bits per heavy atom. The molecule has 0 aliphatic rings. The van der Waals surface area contributed by atoms with E-state index in [1.807, 2.05) is 11.3 Å². The molecule has 0 amide bonds. The average Bonchev–Trinajstić information content (AvgIpc) is 4.03. The molecule has 13 aromatic rings. The van der Waals surface area contributed by atoms with Gasteiger partial charge < -0.3 is 13.7 Å². The van der Waals surface area contributed by atoms with Gasteiger partial charge in [0.15, 0.2) is 0 Å². The summed E-state index contributed by atoms with van der Waals surface area (Å²) < 4.78 is 10.1. The first-order valence-corrected chi connectivity index (χ1v) is 20.7. The van der Waals surface area contributed by atoms with Crippen molar-refractivity contribution in [1.82, 2.24) is 13.7 Å². The molecular formula is C54H33N3S. The molecule has 0 aliphatic carbocycles. The van der Waals surface area contributed by atoms with Crippen molar-refractivity contribution in [3.8, 4) is 28.2 Å². The average molecular weight is 756 g/mol. The Kier molecular flexibility index (Phi) is 6.60. The molecule has 58 heavy (non-hydrogen) atoms. The van der Waals surface area contributed by atoms with Gasteiger partial charge in [0.05, 0.1) is 50.2 Å². The van der Waals surface area contributed by atoms with Crippen molar-refractivity contribution in [1.29, 1.82) is 0 Å². The molecule has 270 valence electrons. The molecule has 4 heteroatoms. The molecule has 0 unspecified atom stereocenters. The number of rotatable bonds is 4. The van der Waals surface area contributed by atoms with Crippen LogP contribution in [0.15, 0.2) is 200 Å². The fraction of sp³-hybridized carbons (Fsp3) is 0. The number of para-hydroxylation sites is 6. The van der Waals surface area contributed by atoms with E-state index in [4.69, 9.17) is 0 Å². The van der Waals surface area contributed by atoms with E-state index in [1.54, 1.807) is 0 Å². The third-order valence-electron chi connectivity index (χ3n) is 12.2. The highest BCUT2D eigenvalue weighted by Gasteiger charge is 2.22. The lowest BCUT2D eigenvalue weighted by molar-refractivity contribution is 1.10. The molecule has 0 atom stereocenters. The van der Waals surface area contributed by atoms with Gasteiger partial charge in [-0.05, 0) is 54.6 Å². The predicted molar refractivity (Wildman–Crippen MR) is 248 cm³/mol. The molecule has 4 heterocycles. The van der Waals surface area contributed by atoms with Crippen molar-refractivity contribution < 1.29 is 0 Å². The van der Waals surface area contributed by atoms with E-state index >= 15 is 0 Å². The van der Waals surface area contributed by atoms with Gasteiger partial charge in [0, 0.05) is 63.6 Å². The van der Waals surface area contributed by atoms with Crippen LogP contribution < -0.4 is 0 Å². The van der Waals surface area contributed by atoms with Gasteiger partial charge in [0.2, 0.25) is 0 Å². The quantitative estimate of drug-likeness (QED) is 0.170. The summed E-state index contributed by atoms with van der Waals surface area (Å²) in [5.41, 5.74) is 13.0. The van der Waals surface area contributed by atoms with E-state index in [-0.39, 0.29) is 0 Å². The second kappa shape index (κ2) is 12.1. The topological polar surface area (TPSA) is 14.8 Å². The van der Waals surface area contributed by atoms with E-state index in [2.05, 4.69) is 214 Å². The van der Waals surface area contributed by atoms with Crippen molar-refractivity contribution >= 4 is 96.9 Å². The first kappa shape index (κ1) is 31.8. The minimum atomic E-state index is 1.11. The zero-order valence-corrected chi connectivity index (χ0v) is 32.1. The molecule has 4 aromatic heterocycles. The van der Waals surface area contributed by atoms with E-state index in [0.29, 0.717) is 0 Å². The van der Waals surface area contributed by atoms with Crippen LogP contribution in [-0.2, 0) is 0 Å².